The molecule has 74 valence electrons. The van der Waals surface area contributed by atoms with Crippen LogP contribution in [0.25, 0.3) is 0 Å². The fourth-order valence-corrected chi connectivity index (χ4v) is 1.09. The number of nitrogens with two attached hydrogens (primary N) is 1. The van der Waals surface area contributed by atoms with Gasteiger partial charge in [-0.05, 0) is 13.8 Å². The van der Waals surface area contributed by atoms with E-state index in [2.05, 4.69) is 15.3 Å². The van der Waals surface area contributed by atoms with Crippen LogP contribution >= 0.6 is 11.6 Å². The smallest absolute Gasteiger partial charge is 0.226 e. The van der Waals surface area contributed by atoms with E-state index in [4.69, 9.17) is 22.6 Å². The van der Waals surface area contributed by atoms with E-state index in [0.29, 0.717) is 5.95 Å². The molecule has 0 fully saturated rings. The van der Waals surface area contributed by atoms with E-state index < -0.39 is 0 Å². The van der Waals surface area contributed by atoms with Crippen molar-refractivity contribution in [3.8, 4) is 6.07 Å². The standard InChI is InChI=1S/C8H10ClN5/c1-4(2)12-8-13-6(9)5(3-10)7(11)14-8/h4H,1-2H3,(H3,11,12,13,14). The average molecular weight is 212 g/mol. The molecule has 0 aliphatic carbocycles. The Morgan fingerprint density at radius 1 is 1.50 bits per heavy atom. The molecule has 5 nitrogen and oxygen atoms in total. The monoisotopic (exact) mass is 211 g/mol. The summed E-state index contributed by atoms with van der Waals surface area (Å²) >= 11 is 5.72. The Morgan fingerprint density at radius 3 is 2.57 bits per heavy atom. The van der Waals surface area contributed by atoms with Gasteiger partial charge in [-0.2, -0.15) is 15.2 Å². The maximum Gasteiger partial charge on any atom is 0.226 e. The lowest BCUT2D eigenvalue weighted by Gasteiger charge is -2.09. The number of nitriles is 1. The zero-order valence-corrected chi connectivity index (χ0v) is 8.63. The van der Waals surface area contributed by atoms with Crippen molar-refractivity contribution in [1.29, 1.82) is 5.26 Å². The van der Waals surface area contributed by atoms with E-state index in [1.165, 1.54) is 0 Å². The lowest BCUT2D eigenvalue weighted by atomic mass is 10.3. The summed E-state index contributed by atoms with van der Waals surface area (Å²) < 4.78 is 0. The molecule has 0 aromatic carbocycles. The van der Waals surface area contributed by atoms with Crippen LogP contribution in [0.2, 0.25) is 5.15 Å². The van der Waals surface area contributed by atoms with Gasteiger partial charge in [0, 0.05) is 6.04 Å². The highest BCUT2D eigenvalue weighted by atomic mass is 35.5. The van der Waals surface area contributed by atoms with E-state index in [1.807, 2.05) is 19.9 Å². The molecule has 0 amide bonds. The Hall–Kier alpha value is -1.54. The van der Waals surface area contributed by atoms with Gasteiger partial charge in [-0.3, -0.25) is 0 Å². The summed E-state index contributed by atoms with van der Waals surface area (Å²) in [7, 11) is 0. The number of nitrogen functional groups attached to an aromatic ring is 1. The van der Waals surface area contributed by atoms with Gasteiger partial charge in [0.1, 0.15) is 17.5 Å². The molecule has 0 saturated carbocycles. The molecule has 0 bridgehead atoms. The van der Waals surface area contributed by atoms with Crippen LogP contribution in [0, 0.1) is 11.3 Å². The summed E-state index contributed by atoms with van der Waals surface area (Å²) in [6, 6.07) is 2.01. The van der Waals surface area contributed by atoms with Gasteiger partial charge in [-0.1, -0.05) is 11.6 Å². The van der Waals surface area contributed by atoms with Crippen molar-refractivity contribution >= 4 is 23.4 Å². The van der Waals surface area contributed by atoms with E-state index in [-0.39, 0.29) is 22.6 Å². The number of hydrogen-bond donors (Lipinski definition) is 2. The summed E-state index contributed by atoms with van der Waals surface area (Å²) in [5.74, 6) is 0.428. The first-order valence-electron chi connectivity index (χ1n) is 4.04. The van der Waals surface area contributed by atoms with Crippen LogP contribution in [0.4, 0.5) is 11.8 Å². The SMILES string of the molecule is CC(C)Nc1nc(N)c(C#N)c(Cl)n1. The fraction of sp³-hybridized carbons (Fsp3) is 0.375. The van der Waals surface area contributed by atoms with Gasteiger partial charge in [0.25, 0.3) is 0 Å². The first-order chi connectivity index (χ1) is 6.54. The molecule has 14 heavy (non-hydrogen) atoms. The number of anilines is 2. The van der Waals surface area contributed by atoms with Gasteiger partial charge in [0.05, 0.1) is 0 Å². The second-order valence-electron chi connectivity index (χ2n) is 3.01. The van der Waals surface area contributed by atoms with Crippen LogP contribution in [0.15, 0.2) is 0 Å². The van der Waals surface area contributed by atoms with Crippen molar-refractivity contribution in [2.45, 2.75) is 19.9 Å². The maximum absolute atomic E-state index is 8.66. The Kier molecular flexibility index (Phi) is 3.10. The molecular weight excluding hydrogens is 202 g/mol. The van der Waals surface area contributed by atoms with Crippen LogP contribution in [-0.2, 0) is 0 Å². The molecular formula is C8H10ClN5. The third-order valence-electron chi connectivity index (χ3n) is 1.42. The van der Waals surface area contributed by atoms with E-state index in [0.717, 1.165) is 0 Å². The molecule has 0 spiro atoms. The topological polar surface area (TPSA) is 87.6 Å². The van der Waals surface area contributed by atoms with Crippen molar-refractivity contribution in [2.24, 2.45) is 0 Å². The number of hydrogen-bond acceptors (Lipinski definition) is 5. The van der Waals surface area contributed by atoms with Gasteiger partial charge >= 0.3 is 0 Å². The van der Waals surface area contributed by atoms with Gasteiger partial charge in [-0.15, -0.1) is 0 Å². The summed E-state index contributed by atoms with van der Waals surface area (Å²) in [4.78, 5) is 7.78. The summed E-state index contributed by atoms with van der Waals surface area (Å²) in [6.07, 6.45) is 0. The van der Waals surface area contributed by atoms with E-state index in [9.17, 15) is 0 Å². The first-order valence-corrected chi connectivity index (χ1v) is 4.42. The van der Waals surface area contributed by atoms with Gasteiger partial charge in [0.2, 0.25) is 5.95 Å². The summed E-state index contributed by atoms with van der Waals surface area (Å²) in [5, 5.41) is 11.7. The Bertz CT molecular complexity index is 359. The molecule has 1 rings (SSSR count). The second kappa shape index (κ2) is 4.11. The largest absolute Gasteiger partial charge is 0.382 e. The molecule has 0 aliphatic rings. The molecule has 0 radical (unpaired) electrons. The zero-order valence-electron chi connectivity index (χ0n) is 7.87. The average Bonchev–Trinajstić information content (AvgIpc) is 2.01. The lowest BCUT2D eigenvalue weighted by Crippen LogP contribution is -2.14. The van der Waals surface area contributed by atoms with E-state index in [1.54, 1.807) is 0 Å². The van der Waals surface area contributed by atoms with E-state index >= 15 is 0 Å². The predicted molar refractivity (Wildman–Crippen MR) is 54.9 cm³/mol. The van der Waals surface area contributed by atoms with Crippen LogP contribution in [-0.4, -0.2) is 16.0 Å². The number of nitrogens with one attached hydrogen (secondary N) is 1. The highest BCUT2D eigenvalue weighted by Gasteiger charge is 2.10. The third-order valence-corrected chi connectivity index (χ3v) is 1.70. The number of halogens is 1. The fourth-order valence-electron chi connectivity index (χ4n) is 0.876. The normalized spacial score (nSPS) is 9.93. The van der Waals surface area contributed by atoms with Crippen LogP contribution < -0.4 is 11.1 Å². The number of nitrogens with zero attached hydrogens (tertiary/aromatic N) is 3. The van der Waals surface area contributed by atoms with Crippen molar-refractivity contribution in [1.82, 2.24) is 9.97 Å². The number of rotatable bonds is 2. The van der Waals surface area contributed by atoms with Crippen LogP contribution in [0.5, 0.6) is 0 Å². The first kappa shape index (κ1) is 10.5. The maximum atomic E-state index is 8.66. The minimum Gasteiger partial charge on any atom is -0.382 e. The number of aromatic nitrogens is 2. The molecule has 0 aliphatic heterocycles. The highest BCUT2D eigenvalue weighted by molar-refractivity contribution is 6.31. The molecule has 0 saturated heterocycles. The van der Waals surface area contributed by atoms with Gasteiger partial charge in [-0.25, -0.2) is 0 Å². The molecule has 0 atom stereocenters. The predicted octanol–water partition coefficient (Wildman–Crippen LogP) is 1.40. The quantitative estimate of drug-likeness (QED) is 0.722. The molecule has 1 aromatic rings. The zero-order chi connectivity index (χ0) is 10.7. The third kappa shape index (κ3) is 2.24. The lowest BCUT2D eigenvalue weighted by molar-refractivity contribution is 0.875. The van der Waals surface area contributed by atoms with Crippen LogP contribution in [0.3, 0.4) is 0 Å². The molecule has 1 aromatic heterocycles. The summed E-state index contributed by atoms with van der Waals surface area (Å²) in [5.41, 5.74) is 5.62. The van der Waals surface area contributed by atoms with Crippen molar-refractivity contribution in [3.05, 3.63) is 10.7 Å². The van der Waals surface area contributed by atoms with Crippen molar-refractivity contribution < 1.29 is 0 Å². The van der Waals surface area contributed by atoms with Crippen molar-refractivity contribution in [3.63, 3.8) is 0 Å². The minimum atomic E-state index is 0.0724. The van der Waals surface area contributed by atoms with Crippen molar-refractivity contribution in [2.75, 3.05) is 11.1 Å². The molecule has 6 heteroatoms. The molecule has 0 unspecified atom stereocenters. The summed E-state index contributed by atoms with van der Waals surface area (Å²) in [6.45, 7) is 3.87. The van der Waals surface area contributed by atoms with Gasteiger partial charge < -0.3 is 11.1 Å². The molecule has 1 heterocycles. The second-order valence-corrected chi connectivity index (χ2v) is 3.37. The Balaban J connectivity index is 3.09. The van der Waals surface area contributed by atoms with Gasteiger partial charge in [0.15, 0.2) is 5.15 Å². The Morgan fingerprint density at radius 2 is 2.14 bits per heavy atom. The highest BCUT2D eigenvalue weighted by Crippen LogP contribution is 2.19. The van der Waals surface area contributed by atoms with Crippen LogP contribution in [0.1, 0.15) is 19.4 Å². The Labute approximate surface area is 86.9 Å². The molecule has 3 N–H and O–H groups in total. The minimum absolute atomic E-state index is 0.0724.